The van der Waals surface area contributed by atoms with Gasteiger partial charge in [0.1, 0.15) is 6.04 Å². The fourth-order valence-electron chi connectivity index (χ4n) is 1.86. The monoisotopic (exact) mass is 250 g/mol. The van der Waals surface area contributed by atoms with Crippen LogP contribution in [0.15, 0.2) is 24.3 Å². The smallest absolute Gasteiger partial charge is 0.320 e. The molecule has 0 aliphatic carbocycles. The van der Waals surface area contributed by atoms with Crippen LogP contribution in [-0.2, 0) is 17.9 Å². The molecule has 100 valence electrons. The molecule has 0 radical (unpaired) electrons. The van der Waals surface area contributed by atoms with E-state index in [9.17, 15) is 4.79 Å². The highest BCUT2D eigenvalue weighted by Crippen LogP contribution is 2.10. The average Bonchev–Trinajstić information content (AvgIpc) is 2.30. The molecule has 4 nitrogen and oxygen atoms in total. The minimum Gasteiger partial charge on any atom is -0.480 e. The Labute approximate surface area is 109 Å². The SMILES string of the molecule is CCC(NCc1ccccc1CN(C)C)C(=O)O. The van der Waals surface area contributed by atoms with Crippen molar-refractivity contribution >= 4 is 5.97 Å². The largest absolute Gasteiger partial charge is 0.480 e. The third-order valence-corrected chi connectivity index (χ3v) is 2.85. The summed E-state index contributed by atoms with van der Waals surface area (Å²) in [5.41, 5.74) is 2.39. The minimum atomic E-state index is -0.789. The second kappa shape index (κ2) is 7.13. The zero-order chi connectivity index (χ0) is 13.5. The van der Waals surface area contributed by atoms with Crippen LogP contribution in [-0.4, -0.2) is 36.1 Å². The van der Waals surface area contributed by atoms with Crippen molar-refractivity contribution in [2.24, 2.45) is 0 Å². The van der Waals surface area contributed by atoms with Crippen molar-refractivity contribution in [3.63, 3.8) is 0 Å². The summed E-state index contributed by atoms with van der Waals surface area (Å²) in [6.07, 6.45) is 0.588. The maximum absolute atomic E-state index is 10.9. The highest BCUT2D eigenvalue weighted by Gasteiger charge is 2.14. The zero-order valence-corrected chi connectivity index (χ0v) is 11.3. The molecule has 4 heteroatoms. The summed E-state index contributed by atoms with van der Waals surface area (Å²) in [5.74, 6) is -0.789. The molecule has 0 saturated carbocycles. The van der Waals surface area contributed by atoms with Gasteiger partial charge in [-0.1, -0.05) is 31.2 Å². The normalized spacial score (nSPS) is 12.7. The quantitative estimate of drug-likeness (QED) is 0.773. The number of carboxylic acids is 1. The van der Waals surface area contributed by atoms with E-state index in [1.54, 1.807) is 0 Å². The number of benzene rings is 1. The molecule has 0 aromatic heterocycles. The van der Waals surface area contributed by atoms with Crippen molar-refractivity contribution in [1.29, 1.82) is 0 Å². The molecule has 1 atom stereocenters. The topological polar surface area (TPSA) is 52.6 Å². The van der Waals surface area contributed by atoms with Crippen molar-refractivity contribution in [1.82, 2.24) is 10.2 Å². The van der Waals surface area contributed by atoms with Crippen molar-refractivity contribution < 1.29 is 9.90 Å². The van der Waals surface area contributed by atoms with Gasteiger partial charge >= 0.3 is 5.97 Å². The highest BCUT2D eigenvalue weighted by atomic mass is 16.4. The Kier molecular flexibility index (Phi) is 5.82. The second-order valence-electron chi connectivity index (χ2n) is 4.69. The van der Waals surface area contributed by atoms with Crippen LogP contribution < -0.4 is 5.32 Å². The lowest BCUT2D eigenvalue weighted by Gasteiger charge is -2.17. The van der Waals surface area contributed by atoms with E-state index in [2.05, 4.69) is 16.3 Å². The van der Waals surface area contributed by atoms with E-state index in [-0.39, 0.29) is 0 Å². The molecule has 0 aliphatic heterocycles. The van der Waals surface area contributed by atoms with Crippen molar-refractivity contribution in [2.45, 2.75) is 32.5 Å². The van der Waals surface area contributed by atoms with Gasteiger partial charge in [0, 0.05) is 13.1 Å². The van der Waals surface area contributed by atoms with Crippen molar-refractivity contribution in [2.75, 3.05) is 14.1 Å². The maximum Gasteiger partial charge on any atom is 0.320 e. The molecule has 2 N–H and O–H groups in total. The lowest BCUT2D eigenvalue weighted by Crippen LogP contribution is -2.35. The predicted octanol–water partition coefficient (Wildman–Crippen LogP) is 1.70. The Balaban J connectivity index is 2.69. The van der Waals surface area contributed by atoms with Crippen molar-refractivity contribution in [3.8, 4) is 0 Å². The number of nitrogens with one attached hydrogen (secondary N) is 1. The van der Waals surface area contributed by atoms with Crippen LogP contribution in [0, 0.1) is 0 Å². The Hall–Kier alpha value is -1.39. The molecule has 1 unspecified atom stereocenters. The van der Waals surface area contributed by atoms with E-state index in [1.165, 1.54) is 5.56 Å². The van der Waals surface area contributed by atoms with Gasteiger partial charge in [-0.15, -0.1) is 0 Å². The summed E-state index contributed by atoms with van der Waals surface area (Å²) in [6.45, 7) is 3.33. The summed E-state index contributed by atoms with van der Waals surface area (Å²) in [4.78, 5) is 13.0. The predicted molar refractivity (Wildman–Crippen MR) is 72.4 cm³/mol. The standard InChI is InChI=1S/C14H22N2O2/c1-4-13(14(17)18)15-9-11-7-5-6-8-12(11)10-16(2)3/h5-8,13,15H,4,9-10H2,1-3H3,(H,17,18). The molecular formula is C14H22N2O2. The molecule has 0 spiro atoms. The van der Waals surface area contributed by atoms with E-state index in [4.69, 9.17) is 5.11 Å². The summed E-state index contributed by atoms with van der Waals surface area (Å²) >= 11 is 0. The number of hydrogen-bond donors (Lipinski definition) is 2. The van der Waals surface area contributed by atoms with E-state index in [1.807, 2.05) is 39.2 Å². The van der Waals surface area contributed by atoms with Gasteiger partial charge < -0.3 is 15.3 Å². The first-order valence-corrected chi connectivity index (χ1v) is 6.22. The molecular weight excluding hydrogens is 228 g/mol. The van der Waals surface area contributed by atoms with Gasteiger partial charge in [0.2, 0.25) is 0 Å². The van der Waals surface area contributed by atoms with E-state index in [0.29, 0.717) is 13.0 Å². The Morgan fingerprint density at radius 3 is 2.44 bits per heavy atom. The molecule has 0 amide bonds. The third kappa shape index (κ3) is 4.47. The van der Waals surface area contributed by atoms with Gasteiger partial charge in [0.25, 0.3) is 0 Å². The van der Waals surface area contributed by atoms with Gasteiger partial charge in [0.15, 0.2) is 0 Å². The first-order chi connectivity index (χ1) is 8.54. The van der Waals surface area contributed by atoms with Crippen LogP contribution in [0.3, 0.4) is 0 Å². The van der Waals surface area contributed by atoms with Crippen LogP contribution in [0.4, 0.5) is 0 Å². The summed E-state index contributed by atoms with van der Waals surface area (Å²) < 4.78 is 0. The van der Waals surface area contributed by atoms with Gasteiger partial charge in [-0.2, -0.15) is 0 Å². The molecule has 1 aromatic carbocycles. The lowest BCUT2D eigenvalue weighted by atomic mass is 10.1. The summed E-state index contributed by atoms with van der Waals surface area (Å²) in [6, 6.07) is 7.64. The number of carbonyl (C=O) groups is 1. The highest BCUT2D eigenvalue weighted by molar-refractivity contribution is 5.73. The fraction of sp³-hybridized carbons (Fsp3) is 0.500. The van der Waals surface area contributed by atoms with Crippen LogP contribution in [0.2, 0.25) is 0 Å². The number of carboxylic acid groups (broad SMARTS) is 1. The molecule has 0 fully saturated rings. The van der Waals surface area contributed by atoms with Crippen LogP contribution in [0.1, 0.15) is 24.5 Å². The van der Waals surface area contributed by atoms with Gasteiger partial charge in [-0.05, 0) is 31.6 Å². The maximum atomic E-state index is 10.9. The fourth-order valence-corrected chi connectivity index (χ4v) is 1.86. The minimum absolute atomic E-state index is 0.475. The summed E-state index contributed by atoms with van der Waals surface area (Å²) in [5, 5.41) is 12.1. The summed E-state index contributed by atoms with van der Waals surface area (Å²) in [7, 11) is 4.05. The third-order valence-electron chi connectivity index (χ3n) is 2.85. The van der Waals surface area contributed by atoms with E-state index >= 15 is 0 Å². The van der Waals surface area contributed by atoms with Crippen LogP contribution in [0.5, 0.6) is 0 Å². The number of nitrogens with zero attached hydrogens (tertiary/aromatic N) is 1. The second-order valence-corrected chi connectivity index (χ2v) is 4.69. The first kappa shape index (κ1) is 14.7. The molecule has 18 heavy (non-hydrogen) atoms. The zero-order valence-electron chi connectivity index (χ0n) is 11.3. The van der Waals surface area contributed by atoms with Crippen molar-refractivity contribution in [3.05, 3.63) is 35.4 Å². The molecule has 1 aromatic rings. The molecule has 0 aliphatic rings. The Morgan fingerprint density at radius 1 is 1.33 bits per heavy atom. The number of rotatable bonds is 7. The molecule has 0 heterocycles. The van der Waals surface area contributed by atoms with Crippen LogP contribution in [0.25, 0.3) is 0 Å². The lowest BCUT2D eigenvalue weighted by molar-refractivity contribution is -0.139. The number of hydrogen-bond acceptors (Lipinski definition) is 3. The Bertz CT molecular complexity index is 391. The number of aliphatic carboxylic acids is 1. The van der Waals surface area contributed by atoms with E-state index < -0.39 is 12.0 Å². The molecule has 0 bridgehead atoms. The van der Waals surface area contributed by atoms with Gasteiger partial charge in [-0.25, -0.2) is 0 Å². The average molecular weight is 250 g/mol. The van der Waals surface area contributed by atoms with Gasteiger partial charge in [-0.3, -0.25) is 4.79 Å². The first-order valence-electron chi connectivity index (χ1n) is 6.22. The molecule has 0 saturated heterocycles. The Morgan fingerprint density at radius 2 is 1.94 bits per heavy atom. The van der Waals surface area contributed by atoms with Gasteiger partial charge in [0.05, 0.1) is 0 Å². The van der Waals surface area contributed by atoms with E-state index in [0.717, 1.165) is 12.1 Å². The molecule has 1 rings (SSSR count). The van der Waals surface area contributed by atoms with Crippen LogP contribution >= 0.6 is 0 Å².